The fourth-order valence-corrected chi connectivity index (χ4v) is 5.09. The van der Waals surface area contributed by atoms with Crippen LogP contribution in [-0.2, 0) is 28.7 Å². The summed E-state index contributed by atoms with van der Waals surface area (Å²) in [5, 5.41) is 27.2. The normalized spacial score (nSPS) is 18.4. The molecule has 3 amide bonds. The van der Waals surface area contributed by atoms with Crippen molar-refractivity contribution in [3.8, 4) is 0 Å². The van der Waals surface area contributed by atoms with Crippen LogP contribution in [-0.4, -0.2) is 70.3 Å². The number of aliphatic carboxylic acids is 2. The van der Waals surface area contributed by atoms with E-state index in [-0.39, 0.29) is 108 Å². The monoisotopic (exact) mass is 563 g/mol. The number of fused-ring (bicyclic) bond motifs is 1. The average molecular weight is 563 g/mol. The largest absolute Gasteiger partial charge is 1.00 e. The van der Waals surface area contributed by atoms with Crippen LogP contribution in [0.1, 0.15) is 36.5 Å². The molecule has 2 aliphatic heterocycles. The number of carbonyl (C=O) groups is 6. The van der Waals surface area contributed by atoms with Crippen molar-refractivity contribution in [2.75, 3.05) is 12.4 Å². The van der Waals surface area contributed by atoms with Gasteiger partial charge in [0.2, 0.25) is 5.91 Å². The van der Waals surface area contributed by atoms with E-state index in [2.05, 4.69) is 10.6 Å². The van der Waals surface area contributed by atoms with Crippen LogP contribution >= 0.6 is 11.8 Å². The molecule has 0 aliphatic carbocycles. The maximum atomic E-state index is 12.6. The van der Waals surface area contributed by atoms with E-state index in [0.29, 0.717) is 0 Å². The number of β-lactam (4-membered cyclic amide) rings is 1. The Balaban J connectivity index is 0.00000361. The number of esters is 1. The molecule has 1 fully saturated rings. The number of carboxylic acids is 2. The van der Waals surface area contributed by atoms with Gasteiger partial charge in [-0.2, -0.15) is 0 Å². The summed E-state index contributed by atoms with van der Waals surface area (Å²) in [5.74, 6) is -5.30. The van der Waals surface area contributed by atoms with Gasteiger partial charge in [0, 0.05) is 30.2 Å². The predicted molar refractivity (Wildman–Crippen MR) is 120 cm³/mol. The third-order valence-electron chi connectivity index (χ3n) is 5.53. The third kappa shape index (κ3) is 8.57. The zero-order valence-corrected chi connectivity index (χ0v) is 26.0. The summed E-state index contributed by atoms with van der Waals surface area (Å²) in [6.07, 6.45) is -0.125. The second kappa shape index (κ2) is 15.7. The van der Waals surface area contributed by atoms with Gasteiger partial charge in [0.05, 0.1) is 23.7 Å². The Hall–Kier alpha value is -1.87. The molecular formula is C23H23N3Na2O9S. The molecule has 1 aromatic rings. The van der Waals surface area contributed by atoms with Gasteiger partial charge >= 0.3 is 65.1 Å². The topological polar surface area (TPSA) is 185 Å². The van der Waals surface area contributed by atoms with Crippen molar-refractivity contribution >= 4 is 47.4 Å². The Kier molecular flexibility index (Phi) is 14.1. The molecule has 2 aliphatic rings. The number of carbonyl (C=O) groups excluding carboxylic acids is 6. The van der Waals surface area contributed by atoms with E-state index < -0.39 is 53.1 Å². The van der Waals surface area contributed by atoms with Crippen molar-refractivity contribution < 1.29 is 103 Å². The zero-order valence-electron chi connectivity index (χ0n) is 21.2. The van der Waals surface area contributed by atoms with Crippen molar-refractivity contribution in [1.29, 1.82) is 0 Å². The van der Waals surface area contributed by atoms with Gasteiger partial charge in [-0.25, -0.2) is 0 Å². The van der Waals surface area contributed by atoms with E-state index in [1.165, 1.54) is 30.8 Å². The number of thioether (sulfide) groups is 1. The molecule has 0 aromatic heterocycles. The van der Waals surface area contributed by atoms with Gasteiger partial charge < -0.3 is 35.2 Å². The van der Waals surface area contributed by atoms with Crippen LogP contribution in [0.3, 0.4) is 0 Å². The first-order valence-electron chi connectivity index (χ1n) is 11.0. The molecule has 1 aromatic carbocycles. The molecule has 0 radical (unpaired) electrons. The Labute approximate surface area is 266 Å². The maximum absolute atomic E-state index is 12.6. The summed E-state index contributed by atoms with van der Waals surface area (Å²) in [7, 11) is 0. The van der Waals surface area contributed by atoms with Crippen molar-refractivity contribution in [2.24, 2.45) is 0 Å². The zero-order chi connectivity index (χ0) is 26.4. The van der Waals surface area contributed by atoms with Gasteiger partial charge in [-0.1, -0.05) is 18.2 Å². The molecule has 3 atom stereocenters. The summed E-state index contributed by atoms with van der Waals surface area (Å²) in [6.45, 7) is 0.879. The summed E-state index contributed by atoms with van der Waals surface area (Å²) >= 11 is 1.20. The minimum Gasteiger partial charge on any atom is -0.548 e. The Morgan fingerprint density at radius 2 is 1.79 bits per heavy atom. The Morgan fingerprint density at radius 1 is 1.13 bits per heavy atom. The fraction of sp³-hybridized carbons (Fsp3) is 0.391. The first kappa shape index (κ1) is 34.2. The quantitative estimate of drug-likeness (QED) is 0.149. The molecule has 192 valence electrons. The third-order valence-corrected chi connectivity index (χ3v) is 6.87. The van der Waals surface area contributed by atoms with Crippen LogP contribution in [0.25, 0.3) is 0 Å². The van der Waals surface area contributed by atoms with Crippen LogP contribution < -0.4 is 80.0 Å². The second-order valence-corrected chi connectivity index (χ2v) is 9.18. The molecule has 3 rings (SSSR count). The number of amides is 3. The predicted octanol–water partition coefficient (Wildman–Crippen LogP) is -8.32. The molecule has 0 saturated carbocycles. The number of hydrogen-bond donors (Lipinski definition) is 2. The van der Waals surface area contributed by atoms with Gasteiger partial charge in [-0.05, 0) is 25.0 Å². The van der Waals surface area contributed by atoms with E-state index in [4.69, 9.17) is 4.74 Å². The van der Waals surface area contributed by atoms with Crippen molar-refractivity contribution in [1.82, 2.24) is 15.5 Å². The Morgan fingerprint density at radius 3 is 2.37 bits per heavy atom. The van der Waals surface area contributed by atoms with E-state index >= 15 is 0 Å². The van der Waals surface area contributed by atoms with Gasteiger partial charge in [-0.15, -0.1) is 11.8 Å². The molecule has 0 spiro atoms. The number of hydrogen-bond acceptors (Lipinski definition) is 10. The van der Waals surface area contributed by atoms with Crippen LogP contribution in [0.5, 0.6) is 0 Å². The van der Waals surface area contributed by atoms with Gasteiger partial charge in [0.25, 0.3) is 11.8 Å². The van der Waals surface area contributed by atoms with Crippen LogP contribution in [0.2, 0.25) is 0 Å². The SMILES string of the molecule is CC(=O)OCC1=C(C(=O)[O-])N2C(=O)[C@@H](NC(=O)CCCC(NC(=O)c3ccccc3)C(=O)[O-])[C@H]2SC1.[Na+].[Na+]. The fourth-order valence-electron chi connectivity index (χ4n) is 3.76. The van der Waals surface area contributed by atoms with E-state index in [0.717, 1.165) is 4.90 Å². The van der Waals surface area contributed by atoms with E-state index in [1.807, 2.05) is 0 Å². The molecule has 15 heteroatoms. The van der Waals surface area contributed by atoms with Crippen molar-refractivity contribution in [2.45, 2.75) is 43.6 Å². The average Bonchev–Trinajstić information content (AvgIpc) is 2.84. The second-order valence-electron chi connectivity index (χ2n) is 8.08. The van der Waals surface area contributed by atoms with E-state index in [1.54, 1.807) is 18.2 Å². The summed E-state index contributed by atoms with van der Waals surface area (Å²) in [5.41, 5.74) is 0.123. The number of nitrogens with one attached hydrogen (secondary N) is 2. The summed E-state index contributed by atoms with van der Waals surface area (Å²) in [4.78, 5) is 72.2. The van der Waals surface area contributed by atoms with Crippen molar-refractivity contribution in [3.63, 3.8) is 0 Å². The van der Waals surface area contributed by atoms with Crippen LogP contribution in [0, 0.1) is 0 Å². The molecule has 12 nitrogen and oxygen atoms in total. The molecule has 1 saturated heterocycles. The molecule has 1 unspecified atom stereocenters. The van der Waals surface area contributed by atoms with Crippen LogP contribution in [0.15, 0.2) is 41.6 Å². The maximum Gasteiger partial charge on any atom is 1.00 e. The first-order valence-corrected chi connectivity index (χ1v) is 12.0. The minimum atomic E-state index is -1.59. The molecule has 2 heterocycles. The van der Waals surface area contributed by atoms with Gasteiger partial charge in [-0.3, -0.25) is 24.1 Å². The molecule has 2 N–H and O–H groups in total. The number of carboxylic acid groups (broad SMARTS) is 2. The number of rotatable bonds is 11. The smallest absolute Gasteiger partial charge is 0.548 e. The van der Waals surface area contributed by atoms with Gasteiger partial charge in [0.15, 0.2) is 0 Å². The van der Waals surface area contributed by atoms with E-state index in [9.17, 15) is 39.0 Å². The summed E-state index contributed by atoms with van der Waals surface area (Å²) in [6, 6.07) is 5.74. The van der Waals surface area contributed by atoms with Crippen LogP contribution in [0.4, 0.5) is 0 Å². The molecule has 0 bridgehead atoms. The summed E-state index contributed by atoms with van der Waals surface area (Å²) < 4.78 is 4.84. The Bertz CT molecular complexity index is 1120. The van der Waals surface area contributed by atoms with Gasteiger partial charge in [0.1, 0.15) is 18.0 Å². The van der Waals surface area contributed by atoms with Crippen molar-refractivity contribution in [3.05, 3.63) is 47.2 Å². The number of nitrogens with zero attached hydrogens (tertiary/aromatic N) is 1. The number of benzene rings is 1. The standard InChI is InChI=1S/C23H25N3O9S.2Na/c1-12(27)35-10-14-11-36-21-17(20(30)26(21)18(14)23(33)34)25-16(28)9-5-8-15(22(31)32)24-19(29)13-6-3-2-4-7-13;;/h2-4,6-7,15,17,21H,5,8-11H2,1H3,(H,24,29)(H,25,28)(H,31,32)(H,33,34);;/q;2*+1/p-2/t15?,17-,21-;;/m1../s1. The molecule has 38 heavy (non-hydrogen) atoms. The minimum absolute atomic E-state index is 0. The first-order chi connectivity index (χ1) is 17.1. The molecular weight excluding hydrogens is 540 g/mol. The number of ether oxygens (including phenoxy) is 1.